The molecular formula is C27H31N3O5S2. The standard InChI is InChI=1S/C27H31N3O5S2/c1-21-7-11-25(12-8-21)36(32,33)29-17-15-28(16-18-29)27(31)20-30(24-6-4-5-23(3)19-24)37(34,35)26-13-9-22(2)10-14-26/h4-14,19H,15-18,20H2,1-3H3. The van der Waals surface area contributed by atoms with Crippen LogP contribution in [0, 0.1) is 20.8 Å². The van der Waals surface area contributed by atoms with Gasteiger partial charge in [-0.15, -0.1) is 0 Å². The summed E-state index contributed by atoms with van der Waals surface area (Å²) in [6, 6.07) is 20.2. The number of rotatable bonds is 7. The van der Waals surface area contributed by atoms with E-state index in [-0.39, 0.29) is 48.4 Å². The van der Waals surface area contributed by atoms with E-state index < -0.39 is 20.0 Å². The van der Waals surface area contributed by atoms with E-state index in [1.807, 2.05) is 26.8 Å². The lowest BCUT2D eigenvalue weighted by Gasteiger charge is -2.35. The molecule has 0 radical (unpaired) electrons. The number of nitrogens with zero attached hydrogens (tertiary/aromatic N) is 3. The number of amides is 1. The molecule has 8 nitrogen and oxygen atoms in total. The molecule has 0 aliphatic carbocycles. The summed E-state index contributed by atoms with van der Waals surface area (Å²) in [7, 11) is -7.69. The molecular weight excluding hydrogens is 510 g/mol. The molecule has 1 aliphatic heterocycles. The van der Waals surface area contributed by atoms with Crippen LogP contribution in [0.25, 0.3) is 0 Å². The van der Waals surface area contributed by atoms with Gasteiger partial charge in [0.15, 0.2) is 0 Å². The van der Waals surface area contributed by atoms with Crippen LogP contribution in [-0.2, 0) is 24.8 Å². The van der Waals surface area contributed by atoms with Gasteiger partial charge in [0.25, 0.3) is 10.0 Å². The number of anilines is 1. The summed E-state index contributed by atoms with van der Waals surface area (Å²) in [6.45, 7) is 5.86. The molecule has 37 heavy (non-hydrogen) atoms. The minimum absolute atomic E-state index is 0.0985. The normalized spacial score (nSPS) is 14.9. The number of hydrogen-bond donors (Lipinski definition) is 0. The number of sulfonamides is 2. The summed E-state index contributed by atoms with van der Waals surface area (Å²) in [5.74, 6) is -0.385. The Morgan fingerprint density at radius 3 is 1.81 bits per heavy atom. The van der Waals surface area contributed by atoms with E-state index in [4.69, 9.17) is 0 Å². The molecule has 0 unspecified atom stereocenters. The van der Waals surface area contributed by atoms with Gasteiger partial charge in [0.2, 0.25) is 15.9 Å². The van der Waals surface area contributed by atoms with E-state index in [1.165, 1.54) is 21.3 Å². The quantitative estimate of drug-likeness (QED) is 0.457. The molecule has 3 aromatic carbocycles. The highest BCUT2D eigenvalue weighted by Gasteiger charge is 2.33. The van der Waals surface area contributed by atoms with Crippen LogP contribution in [-0.4, -0.2) is 64.7 Å². The fourth-order valence-electron chi connectivity index (χ4n) is 4.20. The second-order valence-corrected chi connectivity index (χ2v) is 13.1. The van der Waals surface area contributed by atoms with Crippen molar-refractivity contribution in [3.05, 3.63) is 89.5 Å². The molecule has 1 aliphatic rings. The number of benzene rings is 3. The summed E-state index contributed by atoms with van der Waals surface area (Å²) in [4.78, 5) is 15.2. The lowest BCUT2D eigenvalue weighted by molar-refractivity contribution is -0.130. The Hall–Kier alpha value is -3.21. The number of piperazine rings is 1. The van der Waals surface area contributed by atoms with Crippen molar-refractivity contribution < 1.29 is 21.6 Å². The Morgan fingerprint density at radius 2 is 1.27 bits per heavy atom. The minimum Gasteiger partial charge on any atom is -0.338 e. The van der Waals surface area contributed by atoms with Crippen LogP contribution < -0.4 is 4.31 Å². The third kappa shape index (κ3) is 5.87. The molecule has 0 aromatic heterocycles. The van der Waals surface area contributed by atoms with Gasteiger partial charge in [-0.05, 0) is 62.7 Å². The maximum atomic E-state index is 13.6. The number of carbonyl (C=O) groups is 1. The van der Waals surface area contributed by atoms with Crippen LogP contribution in [0.3, 0.4) is 0 Å². The molecule has 1 amide bonds. The Morgan fingerprint density at radius 1 is 0.730 bits per heavy atom. The maximum Gasteiger partial charge on any atom is 0.264 e. The first-order chi connectivity index (χ1) is 17.5. The predicted molar refractivity (Wildman–Crippen MR) is 143 cm³/mol. The second kappa shape index (κ2) is 10.6. The van der Waals surface area contributed by atoms with E-state index in [0.717, 1.165) is 21.0 Å². The van der Waals surface area contributed by atoms with Gasteiger partial charge in [-0.1, -0.05) is 47.5 Å². The first kappa shape index (κ1) is 26.8. The van der Waals surface area contributed by atoms with Crippen LogP contribution in [0.4, 0.5) is 5.69 Å². The molecule has 1 heterocycles. The third-order valence-corrected chi connectivity index (χ3v) is 10.1. The highest BCUT2D eigenvalue weighted by Crippen LogP contribution is 2.25. The monoisotopic (exact) mass is 541 g/mol. The van der Waals surface area contributed by atoms with Crippen molar-refractivity contribution in [3.63, 3.8) is 0 Å². The van der Waals surface area contributed by atoms with E-state index in [2.05, 4.69) is 0 Å². The smallest absolute Gasteiger partial charge is 0.264 e. The summed E-state index contributed by atoms with van der Waals surface area (Å²) in [6.07, 6.45) is 0. The largest absolute Gasteiger partial charge is 0.338 e. The lowest BCUT2D eigenvalue weighted by atomic mass is 10.2. The van der Waals surface area contributed by atoms with Gasteiger partial charge < -0.3 is 4.90 Å². The first-order valence-corrected chi connectivity index (χ1v) is 14.9. The van der Waals surface area contributed by atoms with Gasteiger partial charge >= 0.3 is 0 Å². The zero-order chi connectivity index (χ0) is 26.8. The topological polar surface area (TPSA) is 95.1 Å². The van der Waals surface area contributed by atoms with Gasteiger partial charge in [-0.25, -0.2) is 16.8 Å². The van der Waals surface area contributed by atoms with Crippen LogP contribution >= 0.6 is 0 Å². The highest BCUT2D eigenvalue weighted by atomic mass is 32.2. The fraction of sp³-hybridized carbons (Fsp3) is 0.296. The van der Waals surface area contributed by atoms with Gasteiger partial charge in [0.05, 0.1) is 15.5 Å². The van der Waals surface area contributed by atoms with Crippen molar-refractivity contribution in [1.82, 2.24) is 9.21 Å². The van der Waals surface area contributed by atoms with Crippen LogP contribution in [0.1, 0.15) is 16.7 Å². The average Bonchev–Trinajstić information content (AvgIpc) is 2.87. The lowest BCUT2D eigenvalue weighted by Crippen LogP contribution is -2.53. The van der Waals surface area contributed by atoms with Crippen molar-refractivity contribution in [2.45, 2.75) is 30.6 Å². The van der Waals surface area contributed by atoms with Gasteiger partial charge in [0.1, 0.15) is 6.54 Å². The van der Waals surface area contributed by atoms with Crippen LogP contribution in [0.2, 0.25) is 0 Å². The number of aryl methyl sites for hydroxylation is 3. The molecule has 1 saturated heterocycles. The fourth-order valence-corrected chi connectivity index (χ4v) is 7.02. The Balaban J connectivity index is 1.52. The molecule has 4 rings (SSSR count). The molecule has 0 saturated carbocycles. The molecule has 196 valence electrons. The summed E-state index contributed by atoms with van der Waals surface area (Å²) < 4.78 is 55.7. The molecule has 0 N–H and O–H groups in total. The van der Waals surface area contributed by atoms with Crippen molar-refractivity contribution in [1.29, 1.82) is 0 Å². The number of hydrogen-bond acceptors (Lipinski definition) is 5. The summed E-state index contributed by atoms with van der Waals surface area (Å²) in [5, 5.41) is 0. The maximum absolute atomic E-state index is 13.6. The number of carbonyl (C=O) groups excluding carboxylic acids is 1. The molecule has 1 fully saturated rings. The molecule has 0 spiro atoms. The van der Waals surface area contributed by atoms with Crippen molar-refractivity contribution in [2.75, 3.05) is 37.0 Å². The van der Waals surface area contributed by atoms with Gasteiger partial charge in [-0.3, -0.25) is 9.10 Å². The van der Waals surface area contributed by atoms with Gasteiger partial charge in [0, 0.05) is 26.2 Å². The average molecular weight is 542 g/mol. The van der Waals surface area contributed by atoms with Crippen molar-refractivity contribution >= 4 is 31.6 Å². The third-order valence-electron chi connectivity index (χ3n) is 6.43. The first-order valence-electron chi connectivity index (χ1n) is 12.0. The predicted octanol–water partition coefficient (Wildman–Crippen LogP) is 3.34. The molecule has 10 heteroatoms. The Bertz CT molecular complexity index is 1480. The Labute approximate surface area is 219 Å². The molecule has 3 aromatic rings. The van der Waals surface area contributed by atoms with Crippen LogP contribution in [0.5, 0.6) is 0 Å². The van der Waals surface area contributed by atoms with E-state index >= 15 is 0 Å². The van der Waals surface area contributed by atoms with Gasteiger partial charge in [-0.2, -0.15) is 4.31 Å². The van der Waals surface area contributed by atoms with Crippen LogP contribution in [0.15, 0.2) is 82.6 Å². The van der Waals surface area contributed by atoms with E-state index in [1.54, 1.807) is 54.6 Å². The minimum atomic E-state index is -4.02. The SMILES string of the molecule is Cc1ccc(S(=O)(=O)N2CCN(C(=O)CN(c3cccc(C)c3)S(=O)(=O)c3ccc(C)cc3)CC2)cc1. The zero-order valence-corrected chi connectivity index (χ0v) is 22.8. The Kier molecular flexibility index (Phi) is 7.72. The van der Waals surface area contributed by atoms with Crippen molar-refractivity contribution in [2.24, 2.45) is 0 Å². The van der Waals surface area contributed by atoms with E-state index in [0.29, 0.717) is 5.69 Å². The van der Waals surface area contributed by atoms with Crippen molar-refractivity contribution in [3.8, 4) is 0 Å². The summed E-state index contributed by atoms with van der Waals surface area (Å²) in [5.41, 5.74) is 3.15. The molecule has 0 atom stereocenters. The summed E-state index contributed by atoms with van der Waals surface area (Å²) >= 11 is 0. The molecule has 0 bridgehead atoms. The van der Waals surface area contributed by atoms with E-state index in [9.17, 15) is 21.6 Å². The zero-order valence-electron chi connectivity index (χ0n) is 21.2. The second-order valence-electron chi connectivity index (χ2n) is 9.26. The highest BCUT2D eigenvalue weighted by molar-refractivity contribution is 7.92.